The molecular formula is C16H13ClN4O. The van der Waals surface area contributed by atoms with Crippen LogP contribution in [0.3, 0.4) is 0 Å². The molecule has 0 aliphatic carbocycles. The Balaban J connectivity index is 1.59. The van der Waals surface area contributed by atoms with Gasteiger partial charge in [-0.1, -0.05) is 23.7 Å². The van der Waals surface area contributed by atoms with Crippen molar-refractivity contribution in [2.45, 2.75) is 6.61 Å². The molecule has 3 rings (SSSR count). The molecule has 1 heterocycles. The van der Waals surface area contributed by atoms with Gasteiger partial charge in [0.25, 0.3) is 0 Å². The van der Waals surface area contributed by atoms with E-state index in [9.17, 15) is 0 Å². The summed E-state index contributed by atoms with van der Waals surface area (Å²) in [5.41, 5.74) is 1.99. The summed E-state index contributed by atoms with van der Waals surface area (Å²) >= 11 is 5.94. The zero-order valence-corrected chi connectivity index (χ0v) is 12.4. The summed E-state index contributed by atoms with van der Waals surface area (Å²) in [5, 5.41) is 12.2. The standard InChI is InChI=1S/C16H13ClN4O/c17-15-3-1-2-14(8-15)10-22-16-6-4-13(5-7-16)9-20-21-11-18-19-12-21/h1-9,11-12H,10H2/b20-9+. The average Bonchev–Trinajstić information content (AvgIpc) is 3.05. The van der Waals surface area contributed by atoms with Crippen LogP contribution in [0.5, 0.6) is 5.75 Å². The highest BCUT2D eigenvalue weighted by Crippen LogP contribution is 2.15. The van der Waals surface area contributed by atoms with Gasteiger partial charge >= 0.3 is 0 Å². The molecule has 6 heteroatoms. The predicted octanol–water partition coefficient (Wildman–Crippen LogP) is 3.39. The summed E-state index contributed by atoms with van der Waals surface area (Å²) < 4.78 is 7.26. The fourth-order valence-electron chi connectivity index (χ4n) is 1.83. The van der Waals surface area contributed by atoms with Crippen LogP contribution >= 0.6 is 11.6 Å². The molecule has 0 atom stereocenters. The summed E-state index contributed by atoms with van der Waals surface area (Å²) in [5.74, 6) is 0.793. The first-order valence-electron chi connectivity index (χ1n) is 6.66. The molecule has 1 aromatic heterocycles. The van der Waals surface area contributed by atoms with Crippen LogP contribution in [0, 0.1) is 0 Å². The zero-order valence-electron chi connectivity index (χ0n) is 11.6. The van der Waals surface area contributed by atoms with Crippen molar-refractivity contribution in [3.05, 3.63) is 77.3 Å². The van der Waals surface area contributed by atoms with Crippen molar-refractivity contribution in [2.24, 2.45) is 5.10 Å². The van der Waals surface area contributed by atoms with Crippen molar-refractivity contribution in [3.8, 4) is 5.75 Å². The summed E-state index contributed by atoms with van der Waals surface area (Å²) in [6.07, 6.45) is 4.78. The molecule has 0 radical (unpaired) electrons. The van der Waals surface area contributed by atoms with Gasteiger partial charge in [0.1, 0.15) is 25.0 Å². The van der Waals surface area contributed by atoms with Gasteiger partial charge in [-0.3, -0.25) is 0 Å². The Morgan fingerprint density at radius 1 is 1.09 bits per heavy atom. The monoisotopic (exact) mass is 312 g/mol. The summed E-state index contributed by atoms with van der Waals surface area (Å²) in [6, 6.07) is 15.3. The Kier molecular flexibility index (Phi) is 4.46. The van der Waals surface area contributed by atoms with E-state index >= 15 is 0 Å². The van der Waals surface area contributed by atoms with E-state index in [-0.39, 0.29) is 0 Å². The second-order valence-electron chi connectivity index (χ2n) is 4.57. The molecule has 0 aliphatic heterocycles. The minimum Gasteiger partial charge on any atom is -0.489 e. The highest BCUT2D eigenvalue weighted by molar-refractivity contribution is 6.30. The number of benzene rings is 2. The van der Waals surface area contributed by atoms with Gasteiger partial charge in [-0.15, -0.1) is 10.2 Å². The summed E-state index contributed by atoms with van der Waals surface area (Å²) in [7, 11) is 0. The molecule has 0 saturated carbocycles. The molecule has 3 aromatic rings. The quantitative estimate of drug-likeness (QED) is 0.679. The second kappa shape index (κ2) is 6.87. The van der Waals surface area contributed by atoms with Crippen molar-refractivity contribution in [1.82, 2.24) is 14.9 Å². The second-order valence-corrected chi connectivity index (χ2v) is 5.01. The van der Waals surface area contributed by atoms with E-state index in [4.69, 9.17) is 16.3 Å². The van der Waals surface area contributed by atoms with Crippen LogP contribution < -0.4 is 4.74 Å². The smallest absolute Gasteiger partial charge is 0.141 e. The zero-order chi connectivity index (χ0) is 15.2. The number of aromatic nitrogens is 3. The van der Waals surface area contributed by atoms with E-state index < -0.39 is 0 Å². The number of halogens is 1. The lowest BCUT2D eigenvalue weighted by Gasteiger charge is -2.06. The van der Waals surface area contributed by atoms with Gasteiger partial charge in [-0.25, -0.2) is 4.68 Å². The lowest BCUT2D eigenvalue weighted by Crippen LogP contribution is -1.95. The van der Waals surface area contributed by atoms with E-state index in [0.29, 0.717) is 11.6 Å². The fraction of sp³-hybridized carbons (Fsp3) is 0.0625. The fourth-order valence-corrected chi connectivity index (χ4v) is 2.04. The van der Waals surface area contributed by atoms with Gasteiger partial charge in [0, 0.05) is 5.02 Å². The van der Waals surface area contributed by atoms with Crippen molar-refractivity contribution < 1.29 is 4.74 Å². The van der Waals surface area contributed by atoms with Crippen LogP contribution in [-0.4, -0.2) is 21.1 Å². The normalized spacial score (nSPS) is 11.0. The van der Waals surface area contributed by atoms with E-state index in [1.165, 1.54) is 17.3 Å². The largest absolute Gasteiger partial charge is 0.489 e. The molecule has 110 valence electrons. The molecule has 22 heavy (non-hydrogen) atoms. The molecule has 0 saturated heterocycles. The lowest BCUT2D eigenvalue weighted by atomic mass is 10.2. The summed E-state index contributed by atoms with van der Waals surface area (Å²) in [6.45, 7) is 0.481. The third-order valence-electron chi connectivity index (χ3n) is 2.92. The van der Waals surface area contributed by atoms with Crippen LogP contribution in [0.1, 0.15) is 11.1 Å². The minimum atomic E-state index is 0.481. The van der Waals surface area contributed by atoms with Gasteiger partial charge in [0.15, 0.2) is 0 Å². The Bertz CT molecular complexity index is 754. The molecule has 0 fully saturated rings. The Labute approximate surface area is 132 Å². The van der Waals surface area contributed by atoms with Gasteiger partial charge in [-0.05, 0) is 47.5 Å². The third kappa shape index (κ3) is 3.93. The SMILES string of the molecule is Clc1cccc(COc2ccc(/C=N/n3cnnc3)cc2)c1. The Morgan fingerprint density at radius 2 is 1.86 bits per heavy atom. The first kappa shape index (κ1) is 14.3. The van der Waals surface area contributed by atoms with Gasteiger partial charge in [0.05, 0.1) is 6.21 Å². The molecule has 2 aromatic carbocycles. The van der Waals surface area contributed by atoms with Gasteiger partial charge in [0.2, 0.25) is 0 Å². The van der Waals surface area contributed by atoms with Gasteiger partial charge < -0.3 is 4.74 Å². The molecule has 0 unspecified atom stereocenters. The number of hydrogen-bond acceptors (Lipinski definition) is 4. The first-order chi connectivity index (χ1) is 10.8. The first-order valence-corrected chi connectivity index (χ1v) is 7.04. The lowest BCUT2D eigenvalue weighted by molar-refractivity contribution is 0.306. The highest BCUT2D eigenvalue weighted by Gasteiger charge is 1.97. The third-order valence-corrected chi connectivity index (χ3v) is 3.16. The molecule has 0 spiro atoms. The van der Waals surface area contributed by atoms with Crippen molar-refractivity contribution in [1.29, 1.82) is 0 Å². The van der Waals surface area contributed by atoms with Crippen LogP contribution in [0.15, 0.2) is 66.3 Å². The number of nitrogens with zero attached hydrogens (tertiary/aromatic N) is 4. The minimum absolute atomic E-state index is 0.481. The molecule has 0 bridgehead atoms. The van der Waals surface area contributed by atoms with E-state index in [1.54, 1.807) is 6.21 Å². The van der Waals surface area contributed by atoms with Crippen molar-refractivity contribution >= 4 is 17.8 Å². The van der Waals surface area contributed by atoms with Crippen molar-refractivity contribution in [2.75, 3.05) is 0 Å². The number of ether oxygens (including phenoxy) is 1. The van der Waals surface area contributed by atoms with Crippen molar-refractivity contribution in [3.63, 3.8) is 0 Å². The molecule has 0 aliphatic rings. The van der Waals surface area contributed by atoms with E-state index in [1.807, 2.05) is 48.5 Å². The van der Waals surface area contributed by atoms with Crippen LogP contribution in [0.2, 0.25) is 5.02 Å². The van der Waals surface area contributed by atoms with Crippen LogP contribution in [0.4, 0.5) is 0 Å². The van der Waals surface area contributed by atoms with Gasteiger partial charge in [-0.2, -0.15) is 5.10 Å². The number of hydrogen-bond donors (Lipinski definition) is 0. The Morgan fingerprint density at radius 3 is 2.59 bits per heavy atom. The van der Waals surface area contributed by atoms with E-state index in [2.05, 4.69) is 15.3 Å². The number of rotatable bonds is 5. The highest BCUT2D eigenvalue weighted by atomic mass is 35.5. The maximum atomic E-state index is 5.94. The van der Waals surface area contributed by atoms with E-state index in [0.717, 1.165) is 16.9 Å². The van der Waals surface area contributed by atoms with Crippen LogP contribution in [0.25, 0.3) is 0 Å². The molecule has 0 N–H and O–H groups in total. The predicted molar refractivity (Wildman–Crippen MR) is 85.2 cm³/mol. The maximum absolute atomic E-state index is 5.94. The molecular weight excluding hydrogens is 300 g/mol. The molecule has 5 nitrogen and oxygen atoms in total. The maximum Gasteiger partial charge on any atom is 0.141 e. The Hall–Kier alpha value is -2.66. The average molecular weight is 313 g/mol. The van der Waals surface area contributed by atoms with Crippen LogP contribution in [-0.2, 0) is 6.61 Å². The summed E-state index contributed by atoms with van der Waals surface area (Å²) in [4.78, 5) is 0. The topological polar surface area (TPSA) is 52.3 Å². The molecule has 0 amide bonds.